The second-order valence-corrected chi connectivity index (χ2v) is 13.8. The zero-order valence-corrected chi connectivity index (χ0v) is 29.4. The number of ether oxygens (including phenoxy) is 1. The van der Waals surface area contributed by atoms with Crippen molar-refractivity contribution in [1.82, 2.24) is 14.7 Å². The number of carbonyl (C=O) groups excluding carboxylic acids is 2. The number of carbonyl (C=O) groups is 3. The highest BCUT2D eigenvalue weighted by molar-refractivity contribution is 6.31. The highest BCUT2D eigenvalue weighted by Crippen LogP contribution is 2.29. The van der Waals surface area contributed by atoms with E-state index in [4.69, 9.17) is 38.8 Å². The van der Waals surface area contributed by atoms with E-state index in [1.165, 1.54) is 4.90 Å². The van der Waals surface area contributed by atoms with Crippen LogP contribution in [0.4, 0.5) is 4.79 Å². The smallest absolute Gasteiger partial charge is 0.409 e. The molecule has 2 atom stereocenters. The molecule has 5 rings (SSSR count). The second kappa shape index (κ2) is 17.9. The van der Waals surface area contributed by atoms with Crippen molar-refractivity contribution in [2.45, 2.75) is 57.3 Å². The lowest BCUT2D eigenvalue weighted by atomic mass is 9.89. The molecule has 13 heteroatoms. The molecule has 3 aliphatic rings. The standard InChI is InChI=1S/C19H25ClN2O4.C15H21ClN2O2.ClH/c1-19(2)22(18(24)25)16(12-26-19)11-21-9-7-14(8-10-21)17(23)13-3-5-15(20)6-4-13;16-13-3-1-11(2-4-13)15(20)12-5-7-18(8-6-12)9-14(17)10-19;/h3-6,14,16H,7-12H2,1-2H3,(H,24,25);1-4,12,14,19H,5-10,17H2;1H/t16-;14-;/m00./s1. The zero-order valence-electron chi connectivity index (χ0n) is 27.0. The normalized spacial score (nSPS) is 21.3. The summed E-state index contributed by atoms with van der Waals surface area (Å²) in [6, 6.07) is 13.8. The summed E-state index contributed by atoms with van der Waals surface area (Å²) in [6.07, 6.45) is 2.31. The van der Waals surface area contributed by atoms with Crippen molar-refractivity contribution >= 4 is 53.3 Å². The summed E-state index contributed by atoms with van der Waals surface area (Å²) in [7, 11) is 0. The number of aliphatic hydroxyl groups excluding tert-OH is 1. The topological polar surface area (TPSA) is 137 Å². The minimum atomic E-state index is -0.953. The largest absolute Gasteiger partial charge is 0.465 e. The number of piperidine rings is 2. The summed E-state index contributed by atoms with van der Waals surface area (Å²) in [5.74, 6) is 0.462. The van der Waals surface area contributed by atoms with Crippen LogP contribution in [-0.4, -0.2) is 113 Å². The van der Waals surface area contributed by atoms with Gasteiger partial charge < -0.3 is 30.5 Å². The minimum Gasteiger partial charge on any atom is -0.465 e. The molecule has 0 radical (unpaired) electrons. The highest BCUT2D eigenvalue weighted by atomic mass is 35.5. The van der Waals surface area contributed by atoms with Gasteiger partial charge in [0.05, 0.1) is 19.3 Å². The summed E-state index contributed by atoms with van der Waals surface area (Å²) in [4.78, 5) is 42.4. The fraction of sp³-hybridized carbons (Fsp3) is 0.559. The molecule has 0 bridgehead atoms. The molecular formula is C34H47Cl3N4O6. The van der Waals surface area contributed by atoms with E-state index >= 15 is 0 Å². The third-order valence-corrected chi connectivity index (χ3v) is 9.65. The lowest BCUT2D eigenvalue weighted by molar-refractivity contribution is -0.0428. The first-order valence-corrected chi connectivity index (χ1v) is 16.7. The van der Waals surface area contributed by atoms with Crippen LogP contribution in [0.2, 0.25) is 10.0 Å². The Hall–Kier alpha value is -2.28. The van der Waals surface area contributed by atoms with Crippen LogP contribution in [0.1, 0.15) is 60.2 Å². The van der Waals surface area contributed by atoms with E-state index in [9.17, 15) is 19.5 Å². The number of halogens is 3. The van der Waals surface area contributed by atoms with E-state index in [1.54, 1.807) is 62.4 Å². The van der Waals surface area contributed by atoms with Gasteiger partial charge in [-0.25, -0.2) is 4.79 Å². The molecule has 260 valence electrons. The first-order valence-electron chi connectivity index (χ1n) is 15.9. The summed E-state index contributed by atoms with van der Waals surface area (Å²) in [5, 5.41) is 19.7. The van der Waals surface area contributed by atoms with Crippen LogP contribution < -0.4 is 5.73 Å². The average molecular weight is 714 g/mol. The van der Waals surface area contributed by atoms with Gasteiger partial charge in [0.1, 0.15) is 5.72 Å². The maximum Gasteiger partial charge on any atom is 0.409 e. The average Bonchev–Trinajstić information content (AvgIpc) is 3.35. The van der Waals surface area contributed by atoms with E-state index in [0.717, 1.165) is 57.4 Å². The number of amides is 1. The van der Waals surface area contributed by atoms with Crippen molar-refractivity contribution in [3.8, 4) is 0 Å². The van der Waals surface area contributed by atoms with Crippen LogP contribution in [0.25, 0.3) is 0 Å². The number of benzene rings is 2. The molecule has 2 aromatic rings. The van der Waals surface area contributed by atoms with Crippen LogP contribution in [0.3, 0.4) is 0 Å². The van der Waals surface area contributed by atoms with E-state index < -0.39 is 11.8 Å². The molecule has 47 heavy (non-hydrogen) atoms. The number of likely N-dealkylation sites (tertiary alicyclic amines) is 2. The third kappa shape index (κ3) is 10.9. The van der Waals surface area contributed by atoms with E-state index in [2.05, 4.69) is 9.80 Å². The van der Waals surface area contributed by atoms with Gasteiger partial charge in [-0.15, -0.1) is 12.4 Å². The number of nitrogens with zero attached hydrogens (tertiary/aromatic N) is 3. The van der Waals surface area contributed by atoms with E-state index in [0.29, 0.717) is 35.3 Å². The van der Waals surface area contributed by atoms with Crippen LogP contribution >= 0.6 is 35.6 Å². The molecule has 4 N–H and O–H groups in total. The summed E-state index contributed by atoms with van der Waals surface area (Å²) >= 11 is 11.7. The van der Waals surface area contributed by atoms with Crippen molar-refractivity contribution in [3.63, 3.8) is 0 Å². The Kier molecular flexibility index (Phi) is 14.9. The molecule has 0 aliphatic carbocycles. The highest BCUT2D eigenvalue weighted by Gasteiger charge is 2.44. The predicted molar refractivity (Wildman–Crippen MR) is 186 cm³/mol. The quantitative estimate of drug-likeness (QED) is 0.295. The Labute approximate surface area is 293 Å². The van der Waals surface area contributed by atoms with Crippen LogP contribution in [0.15, 0.2) is 48.5 Å². The Balaban J connectivity index is 0.000000259. The van der Waals surface area contributed by atoms with Crippen molar-refractivity contribution in [2.75, 3.05) is 52.5 Å². The van der Waals surface area contributed by atoms with Gasteiger partial charge >= 0.3 is 6.09 Å². The predicted octanol–water partition coefficient (Wildman–Crippen LogP) is 5.33. The fourth-order valence-electron chi connectivity index (χ4n) is 6.55. The molecule has 0 aromatic heterocycles. The molecular weight excluding hydrogens is 667 g/mol. The van der Waals surface area contributed by atoms with Gasteiger partial charge in [-0.2, -0.15) is 0 Å². The van der Waals surface area contributed by atoms with Gasteiger partial charge in [0.25, 0.3) is 0 Å². The Morgan fingerprint density at radius 3 is 1.68 bits per heavy atom. The molecule has 0 spiro atoms. The first-order chi connectivity index (χ1) is 21.9. The Morgan fingerprint density at radius 2 is 1.28 bits per heavy atom. The van der Waals surface area contributed by atoms with E-state index in [1.807, 2.05) is 0 Å². The van der Waals surface area contributed by atoms with Crippen LogP contribution in [-0.2, 0) is 4.74 Å². The molecule has 0 saturated carbocycles. The first kappa shape index (κ1) is 39.2. The van der Waals surface area contributed by atoms with Crippen molar-refractivity contribution in [1.29, 1.82) is 0 Å². The molecule has 10 nitrogen and oxygen atoms in total. The van der Waals surface area contributed by atoms with Gasteiger partial charge in [-0.3, -0.25) is 14.5 Å². The molecule has 1 amide bonds. The summed E-state index contributed by atoms with van der Waals surface area (Å²) in [5.41, 5.74) is 6.38. The van der Waals surface area contributed by atoms with Gasteiger partial charge in [0.15, 0.2) is 11.6 Å². The van der Waals surface area contributed by atoms with Gasteiger partial charge in [-0.1, -0.05) is 23.2 Å². The van der Waals surface area contributed by atoms with Gasteiger partial charge in [-0.05, 0) is 114 Å². The number of Topliss-reactive ketones (excluding diaryl/α,β-unsaturated/α-hetero) is 2. The number of aliphatic hydroxyl groups is 1. The maximum atomic E-state index is 12.6. The maximum absolute atomic E-state index is 12.6. The van der Waals surface area contributed by atoms with Crippen LogP contribution in [0.5, 0.6) is 0 Å². The molecule has 3 aliphatic heterocycles. The monoisotopic (exact) mass is 712 g/mol. The van der Waals surface area contributed by atoms with Crippen molar-refractivity contribution in [3.05, 3.63) is 69.7 Å². The van der Waals surface area contributed by atoms with Gasteiger partial charge in [0, 0.05) is 52.1 Å². The summed E-state index contributed by atoms with van der Waals surface area (Å²) < 4.78 is 5.65. The number of nitrogens with two attached hydrogens (primary N) is 1. The molecule has 0 unspecified atom stereocenters. The Morgan fingerprint density at radius 1 is 0.851 bits per heavy atom. The lowest BCUT2D eigenvalue weighted by Crippen LogP contribution is -2.52. The summed E-state index contributed by atoms with van der Waals surface area (Å²) in [6.45, 7) is 8.58. The SMILES string of the molecule is CC1(C)OC[C@H](CN2CCC(C(=O)c3ccc(Cl)cc3)CC2)N1C(=O)O.Cl.N[C@H](CO)CN1CCC(C(=O)c2ccc(Cl)cc2)CC1. The van der Waals surface area contributed by atoms with Crippen molar-refractivity contribution in [2.24, 2.45) is 17.6 Å². The van der Waals surface area contributed by atoms with E-state index in [-0.39, 0.29) is 54.5 Å². The number of carboxylic acid groups (broad SMARTS) is 1. The number of hydrogen-bond donors (Lipinski definition) is 3. The Bertz CT molecular complexity index is 1310. The minimum absolute atomic E-state index is 0. The zero-order chi connectivity index (χ0) is 33.4. The number of rotatable bonds is 9. The second-order valence-electron chi connectivity index (χ2n) is 12.9. The molecule has 3 saturated heterocycles. The van der Waals surface area contributed by atoms with Crippen LogP contribution in [0, 0.1) is 11.8 Å². The van der Waals surface area contributed by atoms with Gasteiger partial charge in [0.2, 0.25) is 0 Å². The molecule has 3 fully saturated rings. The molecule has 3 heterocycles. The number of hydrogen-bond acceptors (Lipinski definition) is 8. The van der Waals surface area contributed by atoms with Crippen molar-refractivity contribution < 1.29 is 29.3 Å². The molecule has 2 aromatic carbocycles. The fourth-order valence-corrected chi connectivity index (χ4v) is 6.80. The lowest BCUT2D eigenvalue weighted by Gasteiger charge is -2.36. The number of ketones is 2. The third-order valence-electron chi connectivity index (χ3n) is 9.15.